The van der Waals surface area contributed by atoms with Gasteiger partial charge in [0.15, 0.2) is 0 Å². The summed E-state index contributed by atoms with van der Waals surface area (Å²) in [5.41, 5.74) is 1.47. The monoisotopic (exact) mass is 432 g/mol. The van der Waals surface area contributed by atoms with Crippen molar-refractivity contribution in [1.29, 1.82) is 0 Å². The number of alkyl halides is 3. The van der Waals surface area contributed by atoms with Gasteiger partial charge < -0.3 is 4.84 Å². The van der Waals surface area contributed by atoms with Gasteiger partial charge in [-0.05, 0) is 23.8 Å². The molecule has 0 unspecified atom stereocenters. The van der Waals surface area contributed by atoms with Gasteiger partial charge >= 0.3 is 12.1 Å². The second kappa shape index (κ2) is 8.39. The normalized spacial score (nSPS) is 12.3. The Kier molecular flexibility index (Phi) is 6.07. The maximum absolute atomic E-state index is 12.7. The summed E-state index contributed by atoms with van der Waals surface area (Å²) in [5, 5.41) is 6.52. The Morgan fingerprint density at radius 3 is 2.40 bits per heavy atom. The summed E-state index contributed by atoms with van der Waals surface area (Å²) in [6, 6.07) is 11.3. The molecular weight excluding hydrogens is 413 g/mol. The van der Waals surface area contributed by atoms with E-state index in [2.05, 4.69) is 30.9 Å². The number of halogens is 3. The molecule has 0 saturated carbocycles. The fraction of sp³-hybridized carbons (Fsp3) is 0.227. The Bertz CT molecular complexity index is 1060. The summed E-state index contributed by atoms with van der Waals surface area (Å²) in [6.07, 6.45) is -3.22. The zero-order valence-corrected chi connectivity index (χ0v) is 17.3. The highest BCUT2D eigenvalue weighted by molar-refractivity contribution is 7.13. The highest BCUT2D eigenvalue weighted by atomic mass is 32.1. The third-order valence-corrected chi connectivity index (χ3v) is 5.08. The molecule has 0 amide bonds. The molecule has 0 aliphatic rings. The number of oxime groups is 1. The van der Waals surface area contributed by atoms with E-state index in [9.17, 15) is 18.0 Å². The van der Waals surface area contributed by atoms with Gasteiger partial charge in [-0.1, -0.05) is 56.3 Å². The quantitative estimate of drug-likeness (QED) is 0.275. The van der Waals surface area contributed by atoms with E-state index in [-0.39, 0.29) is 11.0 Å². The second-order valence-corrected chi connectivity index (χ2v) is 8.46. The standard InChI is InChI=1S/C22H19F3N2O2S/c1-21(2,3)18-13-30-19(27-18)15-9-7-14(8-10-15)12-26-29-20(28)16-5-4-6-17(11-16)22(23,24)25/h4-13H,1-3H3/b26-12-. The van der Waals surface area contributed by atoms with E-state index >= 15 is 0 Å². The highest BCUT2D eigenvalue weighted by Crippen LogP contribution is 2.30. The van der Waals surface area contributed by atoms with Crippen molar-refractivity contribution in [2.75, 3.05) is 0 Å². The van der Waals surface area contributed by atoms with E-state index < -0.39 is 17.7 Å². The highest BCUT2D eigenvalue weighted by Gasteiger charge is 2.31. The molecule has 8 heteroatoms. The lowest BCUT2D eigenvalue weighted by atomic mass is 9.93. The van der Waals surface area contributed by atoms with Gasteiger partial charge in [0.25, 0.3) is 0 Å². The summed E-state index contributed by atoms with van der Waals surface area (Å²) in [7, 11) is 0. The van der Waals surface area contributed by atoms with Crippen LogP contribution >= 0.6 is 11.3 Å². The molecule has 0 bridgehead atoms. The van der Waals surface area contributed by atoms with E-state index in [1.54, 1.807) is 23.5 Å². The first-order valence-corrected chi connectivity index (χ1v) is 9.90. The van der Waals surface area contributed by atoms with Crippen molar-refractivity contribution >= 4 is 23.5 Å². The number of hydrogen-bond acceptors (Lipinski definition) is 5. The molecule has 30 heavy (non-hydrogen) atoms. The number of carbonyl (C=O) groups is 1. The van der Waals surface area contributed by atoms with Crippen LogP contribution in [0.25, 0.3) is 10.6 Å². The van der Waals surface area contributed by atoms with Gasteiger partial charge in [0.05, 0.1) is 23.0 Å². The fourth-order valence-electron chi connectivity index (χ4n) is 2.47. The van der Waals surface area contributed by atoms with Gasteiger partial charge in [0, 0.05) is 16.4 Å². The molecule has 0 fully saturated rings. The molecule has 0 saturated heterocycles. The lowest BCUT2D eigenvalue weighted by Crippen LogP contribution is -2.11. The number of rotatable bonds is 4. The maximum atomic E-state index is 12.7. The van der Waals surface area contributed by atoms with Crippen LogP contribution in [0, 0.1) is 0 Å². The average Bonchev–Trinajstić information content (AvgIpc) is 3.19. The number of carbonyl (C=O) groups excluding carboxylic acids is 1. The number of benzene rings is 2. The molecule has 3 aromatic rings. The molecule has 4 nitrogen and oxygen atoms in total. The van der Waals surface area contributed by atoms with Crippen molar-refractivity contribution in [2.45, 2.75) is 32.4 Å². The third-order valence-electron chi connectivity index (χ3n) is 4.19. The maximum Gasteiger partial charge on any atom is 0.416 e. The minimum absolute atomic E-state index is 0.0230. The lowest BCUT2D eigenvalue weighted by Gasteiger charge is -2.14. The van der Waals surface area contributed by atoms with Crippen LogP contribution in [0.4, 0.5) is 13.2 Å². The van der Waals surface area contributed by atoms with Gasteiger partial charge in [-0.25, -0.2) is 9.78 Å². The molecule has 156 valence electrons. The predicted octanol–water partition coefficient (Wildman–Crippen LogP) is 6.32. The first kappa shape index (κ1) is 21.7. The van der Waals surface area contributed by atoms with Crippen molar-refractivity contribution < 1.29 is 22.8 Å². The van der Waals surface area contributed by atoms with Crippen LogP contribution in [-0.2, 0) is 16.4 Å². The molecule has 1 heterocycles. The van der Waals surface area contributed by atoms with Crippen LogP contribution < -0.4 is 0 Å². The second-order valence-electron chi connectivity index (χ2n) is 7.60. The number of aromatic nitrogens is 1. The number of hydrogen-bond donors (Lipinski definition) is 0. The van der Waals surface area contributed by atoms with Gasteiger partial charge in [-0.2, -0.15) is 13.2 Å². The van der Waals surface area contributed by atoms with Crippen molar-refractivity contribution in [3.05, 3.63) is 76.3 Å². The van der Waals surface area contributed by atoms with E-state index in [1.165, 1.54) is 12.3 Å². The van der Waals surface area contributed by atoms with Gasteiger partial charge in [-0.15, -0.1) is 11.3 Å². The van der Waals surface area contributed by atoms with Crippen molar-refractivity contribution in [3.63, 3.8) is 0 Å². The zero-order chi connectivity index (χ0) is 21.9. The summed E-state index contributed by atoms with van der Waals surface area (Å²) >= 11 is 1.56. The van der Waals surface area contributed by atoms with Crippen molar-refractivity contribution in [1.82, 2.24) is 4.98 Å². The SMILES string of the molecule is CC(C)(C)c1csc(-c2ccc(/C=N\OC(=O)c3cccc(C(F)(F)F)c3)cc2)n1. The van der Waals surface area contributed by atoms with E-state index in [4.69, 9.17) is 4.84 Å². The summed E-state index contributed by atoms with van der Waals surface area (Å²) in [6.45, 7) is 6.31. The smallest absolute Gasteiger partial charge is 0.313 e. The summed E-state index contributed by atoms with van der Waals surface area (Å²) in [5.74, 6) is -0.966. The van der Waals surface area contributed by atoms with Crippen molar-refractivity contribution in [2.24, 2.45) is 5.16 Å². The molecule has 0 aliphatic carbocycles. The van der Waals surface area contributed by atoms with Crippen LogP contribution in [0.5, 0.6) is 0 Å². The molecule has 0 aliphatic heterocycles. The average molecular weight is 432 g/mol. The van der Waals surface area contributed by atoms with Crippen LogP contribution in [0.15, 0.2) is 59.1 Å². The van der Waals surface area contributed by atoms with Gasteiger partial charge in [0.1, 0.15) is 5.01 Å². The molecule has 2 aromatic carbocycles. The Labute approximate surface area is 176 Å². The zero-order valence-electron chi connectivity index (χ0n) is 16.5. The molecule has 0 N–H and O–H groups in total. The first-order valence-electron chi connectivity index (χ1n) is 9.02. The largest absolute Gasteiger partial charge is 0.416 e. The molecule has 1 aromatic heterocycles. The van der Waals surface area contributed by atoms with Crippen LogP contribution in [-0.4, -0.2) is 17.2 Å². The molecule has 0 spiro atoms. The van der Waals surface area contributed by atoms with Gasteiger partial charge in [-0.3, -0.25) is 0 Å². The summed E-state index contributed by atoms with van der Waals surface area (Å²) < 4.78 is 38.2. The van der Waals surface area contributed by atoms with Crippen molar-refractivity contribution in [3.8, 4) is 10.6 Å². The van der Waals surface area contributed by atoms with E-state index in [0.717, 1.165) is 34.5 Å². The summed E-state index contributed by atoms with van der Waals surface area (Å²) in [4.78, 5) is 21.3. The Balaban J connectivity index is 1.64. The Hall–Kier alpha value is -3.00. The molecule has 0 atom stereocenters. The fourth-order valence-corrected chi connectivity index (χ4v) is 3.53. The van der Waals surface area contributed by atoms with Crippen LogP contribution in [0.1, 0.15) is 48.0 Å². The lowest BCUT2D eigenvalue weighted by molar-refractivity contribution is -0.137. The Morgan fingerprint density at radius 1 is 1.10 bits per heavy atom. The minimum Gasteiger partial charge on any atom is -0.313 e. The predicted molar refractivity (Wildman–Crippen MR) is 111 cm³/mol. The molecule has 3 rings (SSSR count). The number of nitrogens with zero attached hydrogens (tertiary/aromatic N) is 2. The molecule has 0 radical (unpaired) electrons. The Morgan fingerprint density at radius 2 is 1.80 bits per heavy atom. The first-order chi connectivity index (χ1) is 14.0. The van der Waals surface area contributed by atoms with Crippen LogP contribution in [0.2, 0.25) is 0 Å². The van der Waals surface area contributed by atoms with E-state index in [1.807, 2.05) is 17.5 Å². The van der Waals surface area contributed by atoms with Gasteiger partial charge in [0.2, 0.25) is 0 Å². The van der Waals surface area contributed by atoms with Crippen LogP contribution in [0.3, 0.4) is 0 Å². The third kappa shape index (κ3) is 5.33. The number of thiazole rings is 1. The minimum atomic E-state index is -4.54. The topological polar surface area (TPSA) is 51.5 Å². The van der Waals surface area contributed by atoms with E-state index in [0.29, 0.717) is 5.56 Å². The molecular formula is C22H19F3N2O2S.